The van der Waals surface area contributed by atoms with Crippen LogP contribution in [0.3, 0.4) is 0 Å². The first kappa shape index (κ1) is 17.2. The third-order valence-electron chi connectivity index (χ3n) is 3.62. The third-order valence-corrected chi connectivity index (χ3v) is 4.61. The molecule has 7 nitrogen and oxygen atoms in total. The first-order chi connectivity index (χ1) is 12.1. The van der Waals surface area contributed by atoms with Crippen molar-refractivity contribution >= 4 is 28.7 Å². The van der Waals surface area contributed by atoms with E-state index in [2.05, 4.69) is 20.4 Å². The molecule has 1 amide bonds. The average molecular weight is 357 g/mol. The van der Waals surface area contributed by atoms with Gasteiger partial charge in [-0.3, -0.25) is 9.59 Å². The number of aromatic nitrogens is 4. The number of carbonyl (C=O) groups excluding carboxylic acids is 1. The topological polar surface area (TPSA) is 92.7 Å². The highest BCUT2D eigenvalue weighted by molar-refractivity contribution is 8.00. The van der Waals surface area contributed by atoms with Gasteiger partial charge in [-0.15, -0.1) is 0 Å². The number of H-pyrrole nitrogens is 1. The quantitative estimate of drug-likeness (QED) is 0.521. The molecule has 25 heavy (non-hydrogen) atoms. The molecule has 2 heterocycles. The molecule has 0 saturated carbocycles. The fourth-order valence-corrected chi connectivity index (χ4v) is 3.14. The number of thioether (sulfide) groups is 1. The highest BCUT2D eigenvalue weighted by Crippen LogP contribution is 2.21. The lowest BCUT2D eigenvalue weighted by Gasteiger charge is -2.11. The van der Waals surface area contributed by atoms with Crippen molar-refractivity contribution < 1.29 is 4.79 Å². The van der Waals surface area contributed by atoms with Crippen molar-refractivity contribution in [2.45, 2.75) is 30.7 Å². The minimum atomic E-state index is -0.361. The molecule has 0 unspecified atom stereocenters. The van der Waals surface area contributed by atoms with Gasteiger partial charge in [0.2, 0.25) is 5.91 Å². The van der Waals surface area contributed by atoms with Crippen LogP contribution in [-0.4, -0.2) is 37.5 Å². The molecule has 2 aromatic heterocycles. The smallest absolute Gasteiger partial charge is 0.262 e. The van der Waals surface area contributed by atoms with Gasteiger partial charge < -0.3 is 10.3 Å². The van der Waals surface area contributed by atoms with Crippen LogP contribution in [0.5, 0.6) is 0 Å². The zero-order valence-corrected chi connectivity index (χ0v) is 14.8. The first-order valence-electron chi connectivity index (χ1n) is 8.08. The Morgan fingerprint density at radius 1 is 1.36 bits per heavy atom. The summed E-state index contributed by atoms with van der Waals surface area (Å²) < 4.78 is 1.62. The van der Waals surface area contributed by atoms with E-state index in [9.17, 15) is 9.59 Å². The predicted molar refractivity (Wildman–Crippen MR) is 98.1 cm³/mol. The maximum atomic E-state index is 12.3. The van der Waals surface area contributed by atoms with Crippen molar-refractivity contribution in [1.82, 2.24) is 25.1 Å². The number of nitrogens with zero attached hydrogens (tertiary/aromatic N) is 3. The minimum Gasteiger partial charge on any atom is -0.355 e. The van der Waals surface area contributed by atoms with Gasteiger partial charge in [0.05, 0.1) is 17.1 Å². The number of hydrogen-bond donors (Lipinski definition) is 2. The zero-order valence-electron chi connectivity index (χ0n) is 14.0. The van der Waals surface area contributed by atoms with Crippen LogP contribution >= 0.6 is 11.8 Å². The molecule has 130 valence electrons. The third kappa shape index (κ3) is 3.74. The number of nitrogens with one attached hydrogen (secondary N) is 2. The summed E-state index contributed by atoms with van der Waals surface area (Å²) in [6, 6.07) is 9.48. The Hall–Kier alpha value is -2.61. The second kappa shape index (κ2) is 7.52. The molecule has 0 saturated heterocycles. The molecule has 3 rings (SSSR count). The van der Waals surface area contributed by atoms with Gasteiger partial charge in [-0.05, 0) is 25.5 Å². The number of amides is 1. The van der Waals surface area contributed by atoms with Crippen LogP contribution in [0.4, 0.5) is 0 Å². The van der Waals surface area contributed by atoms with Gasteiger partial charge in [0.15, 0.2) is 10.8 Å². The number of hydrogen-bond acceptors (Lipinski definition) is 5. The molecule has 0 radical (unpaired) electrons. The van der Waals surface area contributed by atoms with Crippen molar-refractivity contribution in [3.05, 3.63) is 46.9 Å². The number of rotatable bonds is 6. The van der Waals surface area contributed by atoms with E-state index in [0.29, 0.717) is 22.7 Å². The molecule has 0 bridgehead atoms. The van der Waals surface area contributed by atoms with E-state index in [-0.39, 0.29) is 16.7 Å². The van der Waals surface area contributed by atoms with Crippen LogP contribution in [0, 0.1) is 0 Å². The summed E-state index contributed by atoms with van der Waals surface area (Å²) in [4.78, 5) is 31.6. The van der Waals surface area contributed by atoms with Crippen LogP contribution in [0.2, 0.25) is 0 Å². The number of benzene rings is 1. The molecule has 1 atom stereocenters. The normalized spacial score (nSPS) is 12.2. The number of aromatic amines is 1. The molecule has 0 aliphatic rings. The van der Waals surface area contributed by atoms with Gasteiger partial charge in [0, 0.05) is 6.54 Å². The van der Waals surface area contributed by atoms with Gasteiger partial charge >= 0.3 is 0 Å². The van der Waals surface area contributed by atoms with Crippen molar-refractivity contribution in [2.24, 2.45) is 0 Å². The second-order valence-electron chi connectivity index (χ2n) is 5.55. The number of fused-ring (bicyclic) bond motifs is 1. The summed E-state index contributed by atoms with van der Waals surface area (Å²) in [5, 5.41) is 7.56. The Labute approximate surface area is 148 Å². The molecular weight excluding hydrogens is 338 g/mol. The molecule has 0 spiro atoms. The van der Waals surface area contributed by atoms with Crippen LogP contribution in [0.15, 0.2) is 46.5 Å². The van der Waals surface area contributed by atoms with Gasteiger partial charge in [-0.2, -0.15) is 5.10 Å². The van der Waals surface area contributed by atoms with Crippen molar-refractivity contribution in [1.29, 1.82) is 0 Å². The summed E-state index contributed by atoms with van der Waals surface area (Å²) in [6.07, 6.45) is 2.38. The molecular formula is C17H19N5O2S. The lowest BCUT2D eigenvalue weighted by Crippen LogP contribution is -2.31. The standard InChI is InChI=1S/C17H19N5O2S/c1-3-9-18-15(23)11(2)25-17-20-14-13(16(24)21-17)10-19-22(14)12-7-5-4-6-8-12/h4-8,10-11H,3,9H2,1-2H3,(H,18,23)(H,20,21,24)/t11-/m0/s1. The van der Waals surface area contributed by atoms with Crippen LogP contribution in [0.25, 0.3) is 16.7 Å². The van der Waals surface area contributed by atoms with Crippen LogP contribution < -0.4 is 10.9 Å². The summed E-state index contributed by atoms with van der Waals surface area (Å²) in [5.41, 5.74) is 1.02. The molecule has 3 aromatic rings. The summed E-state index contributed by atoms with van der Waals surface area (Å²) in [6.45, 7) is 4.41. The SMILES string of the molecule is CCCNC(=O)[C@H](C)Sc1nc2c(cnn2-c2ccccc2)c(=O)[nH]1. The molecule has 1 aromatic carbocycles. The monoisotopic (exact) mass is 357 g/mol. The Balaban J connectivity index is 1.93. The summed E-state index contributed by atoms with van der Waals surface area (Å²) in [7, 11) is 0. The molecule has 2 N–H and O–H groups in total. The summed E-state index contributed by atoms with van der Waals surface area (Å²) >= 11 is 1.22. The maximum absolute atomic E-state index is 12.3. The number of carbonyl (C=O) groups is 1. The molecule has 0 fully saturated rings. The van der Waals surface area contributed by atoms with Gasteiger partial charge in [-0.25, -0.2) is 9.67 Å². The fraction of sp³-hybridized carbons (Fsp3) is 0.294. The fourth-order valence-electron chi connectivity index (χ4n) is 2.33. The van der Waals surface area contributed by atoms with E-state index < -0.39 is 0 Å². The highest BCUT2D eigenvalue weighted by atomic mass is 32.2. The summed E-state index contributed by atoms with van der Waals surface area (Å²) in [5.74, 6) is -0.0776. The highest BCUT2D eigenvalue weighted by Gasteiger charge is 2.17. The Morgan fingerprint density at radius 2 is 2.12 bits per heavy atom. The van der Waals surface area contributed by atoms with Crippen molar-refractivity contribution in [3.8, 4) is 5.69 Å². The molecule has 8 heteroatoms. The average Bonchev–Trinajstić information content (AvgIpc) is 3.04. The van der Waals surface area contributed by atoms with Crippen molar-refractivity contribution in [3.63, 3.8) is 0 Å². The van der Waals surface area contributed by atoms with E-state index >= 15 is 0 Å². The van der Waals surface area contributed by atoms with E-state index in [1.54, 1.807) is 11.6 Å². The van der Waals surface area contributed by atoms with E-state index in [4.69, 9.17) is 0 Å². The predicted octanol–water partition coefficient (Wildman–Crippen LogP) is 2.12. The van der Waals surface area contributed by atoms with Crippen molar-refractivity contribution in [2.75, 3.05) is 6.54 Å². The Morgan fingerprint density at radius 3 is 2.84 bits per heavy atom. The lowest BCUT2D eigenvalue weighted by molar-refractivity contribution is -0.120. The van der Waals surface area contributed by atoms with E-state index in [1.165, 1.54) is 18.0 Å². The van der Waals surface area contributed by atoms with Gasteiger partial charge in [0.25, 0.3) is 5.56 Å². The largest absolute Gasteiger partial charge is 0.355 e. The van der Waals surface area contributed by atoms with E-state index in [1.807, 2.05) is 37.3 Å². The maximum Gasteiger partial charge on any atom is 0.262 e. The Bertz CT molecular complexity index is 935. The van der Waals surface area contributed by atoms with Crippen LogP contribution in [-0.2, 0) is 4.79 Å². The molecule has 0 aliphatic heterocycles. The first-order valence-corrected chi connectivity index (χ1v) is 8.96. The lowest BCUT2D eigenvalue weighted by atomic mass is 10.3. The van der Waals surface area contributed by atoms with Gasteiger partial charge in [0.1, 0.15) is 5.39 Å². The van der Waals surface area contributed by atoms with E-state index in [0.717, 1.165) is 12.1 Å². The van der Waals surface area contributed by atoms with Crippen LogP contribution in [0.1, 0.15) is 20.3 Å². The number of para-hydroxylation sites is 1. The van der Waals surface area contributed by atoms with Gasteiger partial charge in [-0.1, -0.05) is 36.9 Å². The minimum absolute atomic E-state index is 0.0776. The molecule has 0 aliphatic carbocycles. The zero-order chi connectivity index (χ0) is 17.8. The second-order valence-corrected chi connectivity index (χ2v) is 6.88. The Kier molecular flexibility index (Phi) is 5.18.